The summed E-state index contributed by atoms with van der Waals surface area (Å²) in [5.41, 5.74) is 2.57. The van der Waals surface area contributed by atoms with Gasteiger partial charge in [0, 0.05) is 0 Å². The van der Waals surface area contributed by atoms with Crippen LogP contribution >= 0.6 is 0 Å². The van der Waals surface area contributed by atoms with Crippen LogP contribution < -0.4 is 5.43 Å². The topological polar surface area (TPSA) is 70.7 Å². The molecule has 0 saturated heterocycles. The fourth-order valence-corrected chi connectivity index (χ4v) is 2.33. The number of phenols is 2. The highest BCUT2D eigenvalue weighted by Crippen LogP contribution is 2.30. The summed E-state index contributed by atoms with van der Waals surface area (Å²) in [7, 11) is 0. The Balaban J connectivity index is 2.35. The predicted molar refractivity (Wildman–Crippen MR) is 80.7 cm³/mol. The SMILES string of the molecule is Cc1cc2occ(-c3ccc(O)cc3)c(=O)c2c(O)c1C. The first kappa shape index (κ1) is 13.2. The molecular weight excluding hydrogens is 268 g/mol. The predicted octanol–water partition coefficient (Wildman–Crippen LogP) is 3.49. The van der Waals surface area contributed by atoms with E-state index in [2.05, 4.69) is 0 Å². The van der Waals surface area contributed by atoms with Crippen molar-refractivity contribution in [2.24, 2.45) is 0 Å². The minimum Gasteiger partial charge on any atom is -0.508 e. The van der Waals surface area contributed by atoms with Crippen LogP contribution in [0, 0.1) is 13.8 Å². The van der Waals surface area contributed by atoms with Gasteiger partial charge in [-0.2, -0.15) is 0 Å². The Hall–Kier alpha value is -2.75. The Morgan fingerprint density at radius 1 is 1.05 bits per heavy atom. The maximum atomic E-state index is 12.6. The second-order valence-corrected chi connectivity index (χ2v) is 5.07. The molecule has 3 rings (SSSR count). The highest BCUT2D eigenvalue weighted by atomic mass is 16.3. The molecule has 106 valence electrons. The first-order valence-electron chi connectivity index (χ1n) is 6.53. The zero-order valence-corrected chi connectivity index (χ0v) is 11.7. The van der Waals surface area contributed by atoms with Crippen LogP contribution in [0.3, 0.4) is 0 Å². The summed E-state index contributed by atoms with van der Waals surface area (Å²) in [5.74, 6) is 0.0811. The highest BCUT2D eigenvalue weighted by Gasteiger charge is 2.15. The van der Waals surface area contributed by atoms with E-state index in [1.54, 1.807) is 25.1 Å². The van der Waals surface area contributed by atoms with Crippen molar-refractivity contribution in [1.82, 2.24) is 0 Å². The van der Waals surface area contributed by atoms with Gasteiger partial charge in [0.25, 0.3) is 0 Å². The normalized spacial score (nSPS) is 11.0. The summed E-state index contributed by atoms with van der Waals surface area (Å²) in [5, 5.41) is 19.7. The Bertz CT molecular complexity index is 889. The van der Waals surface area contributed by atoms with E-state index in [0.29, 0.717) is 22.3 Å². The zero-order valence-electron chi connectivity index (χ0n) is 11.7. The van der Waals surface area contributed by atoms with E-state index >= 15 is 0 Å². The molecule has 21 heavy (non-hydrogen) atoms. The lowest BCUT2D eigenvalue weighted by molar-refractivity contribution is 0.474. The third-order valence-electron chi connectivity index (χ3n) is 3.73. The van der Waals surface area contributed by atoms with Crippen LogP contribution in [0.2, 0.25) is 0 Å². The van der Waals surface area contributed by atoms with Gasteiger partial charge in [0.05, 0.1) is 5.56 Å². The third kappa shape index (κ3) is 2.05. The number of phenolic OH excluding ortho intramolecular Hbond substituents is 2. The average Bonchev–Trinajstić information content (AvgIpc) is 2.46. The zero-order chi connectivity index (χ0) is 15.1. The molecule has 1 heterocycles. The maximum Gasteiger partial charge on any atom is 0.204 e. The number of hydrogen-bond acceptors (Lipinski definition) is 4. The van der Waals surface area contributed by atoms with Crippen molar-refractivity contribution in [3.63, 3.8) is 0 Å². The number of rotatable bonds is 1. The van der Waals surface area contributed by atoms with Crippen LogP contribution in [-0.2, 0) is 0 Å². The number of fused-ring (bicyclic) bond motifs is 1. The average molecular weight is 282 g/mol. The van der Waals surface area contributed by atoms with Gasteiger partial charge in [0.1, 0.15) is 28.7 Å². The van der Waals surface area contributed by atoms with E-state index in [4.69, 9.17) is 4.42 Å². The number of aromatic hydroxyl groups is 2. The van der Waals surface area contributed by atoms with Crippen molar-refractivity contribution in [2.45, 2.75) is 13.8 Å². The minimum atomic E-state index is -0.289. The quantitative estimate of drug-likeness (QED) is 0.716. The second kappa shape index (κ2) is 4.66. The summed E-state index contributed by atoms with van der Waals surface area (Å²) >= 11 is 0. The Morgan fingerprint density at radius 3 is 2.38 bits per heavy atom. The standard InChI is InChI=1S/C17H14O4/c1-9-7-14-15(16(19)10(9)2)17(20)13(8-21-14)11-3-5-12(18)6-4-11/h3-8,18-19H,1-2H3. The largest absolute Gasteiger partial charge is 0.508 e. The monoisotopic (exact) mass is 282 g/mol. The second-order valence-electron chi connectivity index (χ2n) is 5.07. The number of benzene rings is 2. The van der Waals surface area contributed by atoms with Gasteiger partial charge in [-0.25, -0.2) is 0 Å². The van der Waals surface area contributed by atoms with Gasteiger partial charge >= 0.3 is 0 Å². The van der Waals surface area contributed by atoms with Crippen LogP contribution in [0.25, 0.3) is 22.1 Å². The first-order chi connectivity index (χ1) is 9.99. The molecule has 2 N–H and O–H groups in total. The number of hydrogen-bond donors (Lipinski definition) is 2. The van der Waals surface area contributed by atoms with Crippen LogP contribution in [0.15, 0.2) is 45.8 Å². The third-order valence-corrected chi connectivity index (χ3v) is 3.73. The van der Waals surface area contributed by atoms with Crippen LogP contribution in [-0.4, -0.2) is 10.2 Å². The Morgan fingerprint density at radius 2 is 1.71 bits per heavy atom. The van der Waals surface area contributed by atoms with E-state index in [0.717, 1.165) is 5.56 Å². The molecule has 1 aromatic heterocycles. The summed E-state index contributed by atoms with van der Waals surface area (Å²) in [6.07, 6.45) is 1.38. The molecule has 0 aliphatic rings. The number of aryl methyl sites for hydroxylation is 1. The van der Waals surface area contributed by atoms with Crippen molar-refractivity contribution in [2.75, 3.05) is 0 Å². The van der Waals surface area contributed by atoms with Gasteiger partial charge < -0.3 is 14.6 Å². The molecule has 0 fully saturated rings. The van der Waals surface area contributed by atoms with E-state index in [-0.39, 0.29) is 22.3 Å². The van der Waals surface area contributed by atoms with E-state index in [9.17, 15) is 15.0 Å². The molecule has 0 radical (unpaired) electrons. The molecule has 0 atom stereocenters. The van der Waals surface area contributed by atoms with E-state index in [1.807, 2.05) is 6.92 Å². The molecule has 0 saturated carbocycles. The molecule has 4 nitrogen and oxygen atoms in total. The van der Waals surface area contributed by atoms with Crippen molar-refractivity contribution in [3.05, 3.63) is 57.9 Å². The highest BCUT2D eigenvalue weighted by molar-refractivity contribution is 5.88. The van der Waals surface area contributed by atoms with Crippen LogP contribution in [0.1, 0.15) is 11.1 Å². The molecule has 4 heteroatoms. The van der Waals surface area contributed by atoms with Gasteiger partial charge in [0.15, 0.2) is 0 Å². The van der Waals surface area contributed by atoms with Gasteiger partial charge in [0.2, 0.25) is 5.43 Å². The summed E-state index contributed by atoms with van der Waals surface area (Å²) < 4.78 is 5.50. The minimum absolute atomic E-state index is 0.0422. The molecule has 0 unspecified atom stereocenters. The fraction of sp³-hybridized carbons (Fsp3) is 0.118. The molecule has 0 spiro atoms. The van der Waals surface area contributed by atoms with Crippen LogP contribution in [0.4, 0.5) is 0 Å². The fourth-order valence-electron chi connectivity index (χ4n) is 2.33. The molecule has 0 aliphatic heterocycles. The lowest BCUT2D eigenvalue weighted by atomic mass is 10.0. The lowest BCUT2D eigenvalue weighted by Gasteiger charge is -2.08. The molecule has 0 bridgehead atoms. The first-order valence-corrected chi connectivity index (χ1v) is 6.53. The molecule has 2 aromatic carbocycles. The smallest absolute Gasteiger partial charge is 0.204 e. The van der Waals surface area contributed by atoms with Crippen molar-refractivity contribution in [3.8, 4) is 22.6 Å². The van der Waals surface area contributed by atoms with Gasteiger partial charge in [-0.3, -0.25) is 4.79 Å². The van der Waals surface area contributed by atoms with E-state index < -0.39 is 0 Å². The Kier molecular flexibility index (Phi) is 2.94. The molecule has 3 aromatic rings. The lowest BCUT2D eigenvalue weighted by Crippen LogP contribution is -2.06. The summed E-state index contributed by atoms with van der Waals surface area (Å²) in [6.45, 7) is 3.61. The van der Waals surface area contributed by atoms with E-state index in [1.165, 1.54) is 18.4 Å². The van der Waals surface area contributed by atoms with Crippen LogP contribution in [0.5, 0.6) is 11.5 Å². The van der Waals surface area contributed by atoms with Crippen molar-refractivity contribution < 1.29 is 14.6 Å². The summed E-state index contributed by atoms with van der Waals surface area (Å²) in [4.78, 5) is 12.6. The summed E-state index contributed by atoms with van der Waals surface area (Å²) in [6, 6.07) is 8.00. The Labute approximate surface area is 120 Å². The maximum absolute atomic E-state index is 12.6. The van der Waals surface area contributed by atoms with Crippen molar-refractivity contribution in [1.29, 1.82) is 0 Å². The van der Waals surface area contributed by atoms with Gasteiger partial charge in [-0.15, -0.1) is 0 Å². The van der Waals surface area contributed by atoms with Gasteiger partial charge in [-0.05, 0) is 48.7 Å². The molecule has 0 amide bonds. The molecule has 0 aliphatic carbocycles. The van der Waals surface area contributed by atoms with Crippen molar-refractivity contribution >= 4 is 11.0 Å². The van der Waals surface area contributed by atoms with Gasteiger partial charge in [-0.1, -0.05) is 12.1 Å². The molecular formula is C17H14O4.